The van der Waals surface area contributed by atoms with Crippen LogP contribution < -0.4 is 10.1 Å². The van der Waals surface area contributed by atoms with Crippen LogP contribution in [-0.2, 0) is 0 Å². The monoisotopic (exact) mass is 386 g/mol. The van der Waals surface area contributed by atoms with Gasteiger partial charge < -0.3 is 15.2 Å². The van der Waals surface area contributed by atoms with E-state index >= 15 is 0 Å². The van der Waals surface area contributed by atoms with Gasteiger partial charge in [0.05, 0.1) is 5.02 Å². The van der Waals surface area contributed by atoms with Crippen molar-refractivity contribution in [2.45, 2.75) is 18.3 Å². The van der Waals surface area contributed by atoms with Gasteiger partial charge in [0.1, 0.15) is 5.75 Å². The van der Waals surface area contributed by atoms with E-state index in [0.717, 1.165) is 17.0 Å². The first-order valence-electron chi connectivity index (χ1n) is 8.05. The Labute approximate surface area is 159 Å². The molecule has 0 aliphatic carbocycles. The average molecular weight is 387 g/mol. The van der Waals surface area contributed by atoms with Gasteiger partial charge in [-0.3, -0.25) is 0 Å². The molecule has 4 rings (SSSR count). The van der Waals surface area contributed by atoms with Crippen LogP contribution in [0.2, 0.25) is 5.02 Å². The Morgan fingerprint density at radius 2 is 2.04 bits per heavy atom. The Bertz CT molecular complexity index is 970. The molecule has 1 aliphatic heterocycles. The summed E-state index contributed by atoms with van der Waals surface area (Å²) in [5, 5.41) is 22.5. The molecule has 0 spiro atoms. The number of thioether (sulfide) groups is 1. The molecule has 2 heterocycles. The molecule has 0 saturated carbocycles. The lowest BCUT2D eigenvalue weighted by Gasteiger charge is -2.20. The number of rotatable bonds is 3. The SMILES string of the molecule is CCSc1nnc2c(n1)O[C@H](c1cccc(O)c1Cl)Nc1ccccc1-2. The Kier molecular flexibility index (Phi) is 4.57. The highest BCUT2D eigenvalue weighted by Gasteiger charge is 2.27. The van der Waals surface area contributed by atoms with Crippen molar-refractivity contribution in [2.75, 3.05) is 11.1 Å². The lowest BCUT2D eigenvalue weighted by Crippen LogP contribution is -2.17. The number of ether oxygens (including phenoxy) is 1. The number of aromatic nitrogens is 3. The van der Waals surface area contributed by atoms with Gasteiger partial charge in [-0.1, -0.05) is 60.6 Å². The average Bonchev–Trinajstić information content (AvgIpc) is 2.80. The molecule has 0 saturated heterocycles. The summed E-state index contributed by atoms with van der Waals surface area (Å²) in [4.78, 5) is 4.51. The molecule has 1 aromatic heterocycles. The summed E-state index contributed by atoms with van der Waals surface area (Å²) in [6, 6.07) is 12.7. The number of halogens is 1. The van der Waals surface area contributed by atoms with Crippen molar-refractivity contribution in [3.63, 3.8) is 0 Å². The molecule has 26 heavy (non-hydrogen) atoms. The number of aromatic hydroxyl groups is 1. The molecule has 3 aromatic rings. The molecule has 2 N–H and O–H groups in total. The fourth-order valence-electron chi connectivity index (χ4n) is 2.72. The van der Waals surface area contributed by atoms with Crippen LogP contribution in [0.25, 0.3) is 11.3 Å². The van der Waals surface area contributed by atoms with E-state index in [0.29, 0.717) is 22.3 Å². The normalized spacial score (nSPS) is 15.2. The Hall–Kier alpha value is -2.51. The molecular weight excluding hydrogens is 372 g/mol. The van der Waals surface area contributed by atoms with Crippen LogP contribution in [0.4, 0.5) is 5.69 Å². The molecule has 0 radical (unpaired) electrons. The smallest absolute Gasteiger partial charge is 0.247 e. The predicted molar refractivity (Wildman–Crippen MR) is 102 cm³/mol. The number of nitrogens with zero attached hydrogens (tertiary/aromatic N) is 3. The fourth-order valence-corrected chi connectivity index (χ4v) is 3.45. The van der Waals surface area contributed by atoms with E-state index in [-0.39, 0.29) is 10.8 Å². The summed E-state index contributed by atoms with van der Waals surface area (Å²) in [7, 11) is 0. The molecule has 0 bridgehead atoms. The summed E-state index contributed by atoms with van der Waals surface area (Å²) in [6.07, 6.45) is -0.631. The second-order valence-corrected chi connectivity index (χ2v) is 7.16. The maximum absolute atomic E-state index is 9.95. The highest BCUT2D eigenvalue weighted by molar-refractivity contribution is 7.99. The van der Waals surface area contributed by atoms with E-state index in [9.17, 15) is 5.11 Å². The number of phenols is 1. The molecule has 8 heteroatoms. The van der Waals surface area contributed by atoms with Crippen molar-refractivity contribution in [3.8, 4) is 22.9 Å². The number of hydrogen-bond donors (Lipinski definition) is 2. The molecule has 0 fully saturated rings. The van der Waals surface area contributed by atoms with Gasteiger partial charge in [-0.15, -0.1) is 10.2 Å². The van der Waals surface area contributed by atoms with Crippen molar-refractivity contribution < 1.29 is 9.84 Å². The van der Waals surface area contributed by atoms with Gasteiger partial charge >= 0.3 is 0 Å². The molecule has 132 valence electrons. The predicted octanol–water partition coefficient (Wildman–Crippen LogP) is 4.51. The standard InChI is InChI=1S/C18H15ClN4O2S/c1-2-26-18-21-17-15(22-23-18)10-6-3-4-8-12(10)20-16(25-17)11-7-5-9-13(24)14(11)19/h3-9,16,20,24H,2H2,1H3/t16-/m1/s1. The van der Waals surface area contributed by atoms with Crippen LogP contribution in [0.3, 0.4) is 0 Å². The summed E-state index contributed by atoms with van der Waals surface area (Å²) in [6.45, 7) is 2.02. The fraction of sp³-hybridized carbons (Fsp3) is 0.167. The zero-order valence-electron chi connectivity index (χ0n) is 13.8. The zero-order valence-corrected chi connectivity index (χ0v) is 15.4. The minimum absolute atomic E-state index is 0.00429. The van der Waals surface area contributed by atoms with E-state index in [1.807, 2.05) is 31.2 Å². The number of benzene rings is 2. The lowest BCUT2D eigenvalue weighted by molar-refractivity contribution is 0.225. The minimum Gasteiger partial charge on any atom is -0.506 e. The van der Waals surface area contributed by atoms with E-state index in [1.54, 1.807) is 12.1 Å². The molecular formula is C18H15ClN4O2S. The van der Waals surface area contributed by atoms with E-state index in [1.165, 1.54) is 17.8 Å². The highest BCUT2D eigenvalue weighted by atomic mass is 35.5. The third-order valence-corrected chi connectivity index (χ3v) is 5.03. The summed E-state index contributed by atoms with van der Waals surface area (Å²) >= 11 is 7.78. The minimum atomic E-state index is -0.631. The Balaban J connectivity index is 1.86. The quantitative estimate of drug-likeness (QED) is 0.641. The molecule has 0 unspecified atom stereocenters. The van der Waals surface area contributed by atoms with Gasteiger partial charge in [-0.05, 0) is 17.9 Å². The van der Waals surface area contributed by atoms with Gasteiger partial charge in [0.15, 0.2) is 11.9 Å². The van der Waals surface area contributed by atoms with Crippen molar-refractivity contribution in [1.82, 2.24) is 15.2 Å². The van der Waals surface area contributed by atoms with Gasteiger partial charge in [0, 0.05) is 16.8 Å². The number of hydrogen-bond acceptors (Lipinski definition) is 7. The van der Waals surface area contributed by atoms with Crippen LogP contribution in [0.15, 0.2) is 47.6 Å². The second-order valence-electron chi connectivity index (χ2n) is 5.55. The molecule has 0 amide bonds. The van der Waals surface area contributed by atoms with Crippen molar-refractivity contribution in [1.29, 1.82) is 0 Å². The van der Waals surface area contributed by atoms with Gasteiger partial charge in [-0.2, -0.15) is 4.98 Å². The van der Waals surface area contributed by atoms with Crippen molar-refractivity contribution in [3.05, 3.63) is 53.1 Å². The molecule has 1 atom stereocenters. The maximum Gasteiger partial charge on any atom is 0.247 e. The second kappa shape index (κ2) is 7.01. The van der Waals surface area contributed by atoms with Crippen LogP contribution in [0.5, 0.6) is 11.6 Å². The number of phenolic OH excluding ortho intramolecular Hbond substituents is 1. The molecule has 6 nitrogen and oxygen atoms in total. The topological polar surface area (TPSA) is 80.2 Å². The third kappa shape index (κ3) is 3.04. The maximum atomic E-state index is 9.95. The lowest BCUT2D eigenvalue weighted by atomic mass is 10.1. The summed E-state index contributed by atoms with van der Waals surface area (Å²) < 4.78 is 6.11. The number of nitrogens with one attached hydrogen (secondary N) is 1. The zero-order chi connectivity index (χ0) is 18.1. The summed E-state index contributed by atoms with van der Waals surface area (Å²) in [5.74, 6) is 1.20. The Morgan fingerprint density at radius 1 is 1.19 bits per heavy atom. The number of para-hydroxylation sites is 1. The first kappa shape index (κ1) is 16.9. The van der Waals surface area contributed by atoms with E-state index < -0.39 is 6.23 Å². The van der Waals surface area contributed by atoms with E-state index in [2.05, 4.69) is 20.5 Å². The van der Waals surface area contributed by atoms with Crippen LogP contribution in [-0.4, -0.2) is 26.0 Å². The van der Waals surface area contributed by atoms with Gasteiger partial charge in [0.25, 0.3) is 0 Å². The first-order chi connectivity index (χ1) is 12.7. The van der Waals surface area contributed by atoms with Crippen molar-refractivity contribution >= 4 is 29.1 Å². The van der Waals surface area contributed by atoms with E-state index in [4.69, 9.17) is 16.3 Å². The third-order valence-electron chi connectivity index (χ3n) is 3.90. The Morgan fingerprint density at radius 3 is 2.88 bits per heavy atom. The summed E-state index contributed by atoms with van der Waals surface area (Å²) in [5.41, 5.74) is 2.84. The van der Waals surface area contributed by atoms with Crippen LogP contribution in [0, 0.1) is 0 Å². The van der Waals surface area contributed by atoms with Crippen molar-refractivity contribution in [2.24, 2.45) is 0 Å². The van der Waals surface area contributed by atoms with Gasteiger partial charge in [-0.25, -0.2) is 0 Å². The molecule has 1 aliphatic rings. The number of fused-ring (bicyclic) bond motifs is 3. The first-order valence-corrected chi connectivity index (χ1v) is 9.41. The largest absolute Gasteiger partial charge is 0.506 e. The van der Waals surface area contributed by atoms with Gasteiger partial charge in [0.2, 0.25) is 11.0 Å². The highest BCUT2D eigenvalue weighted by Crippen LogP contribution is 2.41. The number of anilines is 1. The van der Waals surface area contributed by atoms with Crippen LogP contribution >= 0.6 is 23.4 Å². The van der Waals surface area contributed by atoms with Crippen LogP contribution in [0.1, 0.15) is 18.7 Å². The molecule has 2 aromatic carbocycles.